The molecule has 0 N–H and O–H groups in total. The Kier molecular flexibility index (Phi) is 5.13. The highest BCUT2D eigenvalue weighted by molar-refractivity contribution is 7.14. The Morgan fingerprint density at radius 1 is 1.32 bits per heavy atom. The van der Waals surface area contributed by atoms with Crippen molar-refractivity contribution in [1.82, 2.24) is 9.88 Å². The fourth-order valence-corrected chi connectivity index (χ4v) is 4.93. The number of aromatic nitrogens is 1. The maximum absolute atomic E-state index is 12.9. The first-order valence-corrected chi connectivity index (χ1v) is 10.0. The number of rotatable bonds is 4. The lowest BCUT2D eigenvalue weighted by Gasteiger charge is -2.32. The number of aryl methyl sites for hydroxylation is 2. The normalized spacial score (nSPS) is 20.3. The number of pyridine rings is 1. The van der Waals surface area contributed by atoms with Crippen LogP contribution in [0.2, 0.25) is 0 Å². The van der Waals surface area contributed by atoms with Crippen LogP contribution in [0.1, 0.15) is 51.4 Å². The van der Waals surface area contributed by atoms with Crippen LogP contribution in [0.25, 0.3) is 0 Å². The molecule has 5 heteroatoms. The lowest BCUT2D eigenvalue weighted by Crippen LogP contribution is -2.43. The van der Waals surface area contributed by atoms with Crippen molar-refractivity contribution in [2.24, 2.45) is 0 Å². The Bertz CT molecular complexity index is 705. The van der Waals surface area contributed by atoms with E-state index in [-0.39, 0.29) is 12.0 Å². The highest BCUT2D eigenvalue weighted by atomic mass is 32.1. The van der Waals surface area contributed by atoms with Crippen molar-refractivity contribution < 1.29 is 9.53 Å². The van der Waals surface area contributed by atoms with Crippen LogP contribution in [0.4, 0.5) is 0 Å². The van der Waals surface area contributed by atoms with Crippen molar-refractivity contribution >= 4 is 17.2 Å². The summed E-state index contributed by atoms with van der Waals surface area (Å²) >= 11 is 1.71. The third-order valence-electron chi connectivity index (χ3n) is 5.08. The van der Waals surface area contributed by atoms with Gasteiger partial charge in [-0.25, -0.2) is 0 Å². The average Bonchev–Trinajstić information content (AvgIpc) is 3.11. The van der Waals surface area contributed by atoms with Crippen LogP contribution in [0.3, 0.4) is 0 Å². The van der Waals surface area contributed by atoms with Gasteiger partial charge in [0, 0.05) is 30.4 Å². The lowest BCUT2D eigenvalue weighted by atomic mass is 9.99. The second-order valence-electron chi connectivity index (χ2n) is 6.95. The molecule has 2 aliphatic rings. The Hall–Kier alpha value is -1.72. The van der Waals surface area contributed by atoms with Gasteiger partial charge >= 0.3 is 0 Å². The summed E-state index contributed by atoms with van der Waals surface area (Å²) in [5.74, 6) is 0.189. The molecule has 1 aliphatic carbocycles. The zero-order chi connectivity index (χ0) is 17.1. The van der Waals surface area contributed by atoms with Crippen molar-refractivity contribution in [2.75, 3.05) is 13.1 Å². The molecule has 0 unspecified atom stereocenters. The second-order valence-corrected chi connectivity index (χ2v) is 8.09. The van der Waals surface area contributed by atoms with Crippen LogP contribution in [0.5, 0.6) is 0 Å². The van der Waals surface area contributed by atoms with Crippen molar-refractivity contribution in [1.29, 1.82) is 0 Å². The van der Waals surface area contributed by atoms with Gasteiger partial charge < -0.3 is 9.64 Å². The molecular weight excluding hydrogens is 332 g/mol. The summed E-state index contributed by atoms with van der Waals surface area (Å²) < 4.78 is 6.04. The molecule has 25 heavy (non-hydrogen) atoms. The molecular formula is C20H24N2O2S. The number of carbonyl (C=O) groups excluding carboxylic acids is 1. The van der Waals surface area contributed by atoms with Gasteiger partial charge in [-0.3, -0.25) is 9.78 Å². The molecule has 1 saturated heterocycles. The van der Waals surface area contributed by atoms with E-state index >= 15 is 0 Å². The van der Waals surface area contributed by atoms with E-state index in [1.165, 1.54) is 23.3 Å². The van der Waals surface area contributed by atoms with E-state index in [1.807, 2.05) is 23.2 Å². The maximum Gasteiger partial charge on any atom is 0.264 e. The van der Waals surface area contributed by atoms with E-state index in [0.29, 0.717) is 13.2 Å². The Morgan fingerprint density at radius 3 is 3.08 bits per heavy atom. The van der Waals surface area contributed by atoms with Gasteiger partial charge in [0.15, 0.2) is 0 Å². The van der Waals surface area contributed by atoms with Crippen molar-refractivity contribution in [3.63, 3.8) is 0 Å². The Morgan fingerprint density at radius 2 is 2.24 bits per heavy atom. The summed E-state index contributed by atoms with van der Waals surface area (Å²) in [6.07, 6.45) is 10.5. The molecule has 1 aliphatic heterocycles. The minimum Gasteiger partial charge on any atom is -0.372 e. The zero-order valence-corrected chi connectivity index (χ0v) is 15.3. The summed E-state index contributed by atoms with van der Waals surface area (Å²) in [5, 5.41) is 0. The van der Waals surface area contributed by atoms with Crippen LogP contribution >= 0.6 is 11.3 Å². The lowest BCUT2D eigenvalue weighted by molar-refractivity contribution is -0.00667. The summed E-state index contributed by atoms with van der Waals surface area (Å²) in [5.41, 5.74) is 2.48. The minimum absolute atomic E-state index is 0.118. The molecule has 1 fully saturated rings. The summed E-state index contributed by atoms with van der Waals surface area (Å²) in [4.78, 5) is 21.4. The molecule has 4 rings (SSSR count). The molecule has 0 spiro atoms. The van der Waals surface area contributed by atoms with Gasteiger partial charge in [0.1, 0.15) is 0 Å². The van der Waals surface area contributed by atoms with Gasteiger partial charge in [-0.15, -0.1) is 11.3 Å². The van der Waals surface area contributed by atoms with Gasteiger partial charge in [0.25, 0.3) is 5.91 Å². The number of piperidine rings is 1. The highest BCUT2D eigenvalue weighted by Crippen LogP contribution is 2.31. The molecule has 132 valence electrons. The van der Waals surface area contributed by atoms with E-state index in [1.54, 1.807) is 17.5 Å². The standard InChI is InChI=1S/C20H24N2O2S/c23-20(19-11-16-6-1-2-8-18(16)25-19)22-10-4-7-17(13-22)24-14-15-5-3-9-21-12-15/h3,5,9,11-12,17H,1-2,4,6-8,10,13-14H2/t17-/m1/s1. The van der Waals surface area contributed by atoms with Crippen LogP contribution in [-0.4, -0.2) is 35.0 Å². The van der Waals surface area contributed by atoms with Crippen LogP contribution in [0, 0.1) is 0 Å². The largest absolute Gasteiger partial charge is 0.372 e. The predicted octanol–water partition coefficient (Wildman–Crippen LogP) is 3.84. The molecule has 0 bridgehead atoms. The number of carbonyl (C=O) groups is 1. The third kappa shape index (κ3) is 3.93. The molecule has 4 nitrogen and oxygen atoms in total. The SMILES string of the molecule is O=C(c1cc2c(s1)CCCC2)N1CCC[C@@H](OCc2cccnc2)C1. The Labute approximate surface area is 152 Å². The average molecular weight is 356 g/mol. The number of fused-ring (bicyclic) bond motifs is 1. The van der Waals surface area contributed by atoms with Crippen molar-refractivity contribution in [3.8, 4) is 0 Å². The maximum atomic E-state index is 12.9. The molecule has 0 saturated carbocycles. The highest BCUT2D eigenvalue weighted by Gasteiger charge is 2.27. The first kappa shape index (κ1) is 16.7. The van der Waals surface area contributed by atoms with Gasteiger partial charge in [0.2, 0.25) is 0 Å². The smallest absolute Gasteiger partial charge is 0.264 e. The molecule has 2 aromatic heterocycles. The van der Waals surface area contributed by atoms with E-state index in [0.717, 1.165) is 42.7 Å². The monoisotopic (exact) mass is 356 g/mol. The fraction of sp³-hybridized carbons (Fsp3) is 0.500. The van der Waals surface area contributed by atoms with Gasteiger partial charge in [-0.05, 0) is 61.8 Å². The zero-order valence-electron chi connectivity index (χ0n) is 14.4. The predicted molar refractivity (Wildman–Crippen MR) is 98.9 cm³/mol. The van der Waals surface area contributed by atoms with Gasteiger partial charge in [-0.2, -0.15) is 0 Å². The van der Waals surface area contributed by atoms with Crippen LogP contribution in [-0.2, 0) is 24.2 Å². The third-order valence-corrected chi connectivity index (χ3v) is 6.31. The first-order chi connectivity index (χ1) is 12.3. The van der Waals surface area contributed by atoms with Gasteiger partial charge in [-0.1, -0.05) is 6.07 Å². The number of thiophene rings is 1. The molecule has 0 radical (unpaired) electrons. The number of nitrogens with zero attached hydrogens (tertiary/aromatic N) is 2. The summed E-state index contributed by atoms with van der Waals surface area (Å²) in [7, 11) is 0. The topological polar surface area (TPSA) is 42.4 Å². The van der Waals surface area contributed by atoms with Crippen molar-refractivity contribution in [3.05, 3.63) is 51.5 Å². The number of ether oxygens (including phenoxy) is 1. The van der Waals surface area contributed by atoms with E-state index < -0.39 is 0 Å². The van der Waals surface area contributed by atoms with E-state index in [2.05, 4.69) is 11.1 Å². The first-order valence-electron chi connectivity index (χ1n) is 9.21. The van der Waals surface area contributed by atoms with Crippen molar-refractivity contribution in [2.45, 2.75) is 51.2 Å². The summed E-state index contributed by atoms with van der Waals surface area (Å²) in [6.45, 7) is 2.10. The number of hydrogen-bond donors (Lipinski definition) is 0. The van der Waals surface area contributed by atoms with E-state index in [9.17, 15) is 4.79 Å². The molecule has 0 aromatic carbocycles. The molecule has 1 amide bonds. The number of amides is 1. The number of hydrogen-bond acceptors (Lipinski definition) is 4. The quantitative estimate of drug-likeness (QED) is 0.836. The fourth-order valence-electron chi connectivity index (χ4n) is 3.71. The molecule has 1 atom stereocenters. The second kappa shape index (κ2) is 7.67. The minimum atomic E-state index is 0.118. The number of likely N-dealkylation sites (tertiary alicyclic amines) is 1. The summed E-state index contributed by atoms with van der Waals surface area (Å²) in [6, 6.07) is 6.09. The van der Waals surface area contributed by atoms with Crippen LogP contribution < -0.4 is 0 Å². The van der Waals surface area contributed by atoms with Gasteiger partial charge in [0.05, 0.1) is 17.6 Å². The molecule has 2 aromatic rings. The molecule has 3 heterocycles. The Balaban J connectivity index is 1.37. The van der Waals surface area contributed by atoms with Crippen LogP contribution in [0.15, 0.2) is 30.6 Å². The van der Waals surface area contributed by atoms with E-state index in [4.69, 9.17) is 4.74 Å².